The van der Waals surface area contributed by atoms with Gasteiger partial charge in [0.05, 0.1) is 5.56 Å². The molecule has 0 amide bonds. The van der Waals surface area contributed by atoms with Gasteiger partial charge < -0.3 is 4.84 Å². The lowest BCUT2D eigenvalue weighted by atomic mass is 10.1. The molecule has 142 valence electrons. The minimum Gasteiger partial charge on any atom is -0.312 e. The van der Waals surface area contributed by atoms with Crippen molar-refractivity contribution in [2.45, 2.75) is 11.8 Å². The molecule has 3 rings (SSSR count). The largest absolute Gasteiger partial charge is 0.365 e. The van der Waals surface area contributed by atoms with Gasteiger partial charge in [-0.2, -0.15) is 8.42 Å². The second-order valence-corrected chi connectivity index (χ2v) is 7.31. The van der Waals surface area contributed by atoms with E-state index in [9.17, 15) is 13.2 Å². The van der Waals surface area contributed by atoms with E-state index in [1.54, 1.807) is 42.5 Å². The van der Waals surface area contributed by atoms with Crippen molar-refractivity contribution in [1.82, 2.24) is 0 Å². The zero-order valence-corrected chi connectivity index (χ0v) is 15.7. The van der Waals surface area contributed by atoms with Crippen molar-refractivity contribution in [2.75, 3.05) is 0 Å². The molecule has 1 aliphatic rings. The summed E-state index contributed by atoms with van der Waals surface area (Å²) in [6.07, 6.45) is 6.00. The normalized spacial score (nSPS) is 13.2. The molecule has 0 fully saturated rings. The van der Waals surface area contributed by atoms with Crippen LogP contribution in [0.5, 0.6) is 0 Å². The fraction of sp³-hybridized carbons (Fsp3) is 0.0500. The third kappa shape index (κ3) is 5.01. The molecule has 0 saturated carbocycles. The maximum Gasteiger partial charge on any atom is 0.365 e. The van der Waals surface area contributed by atoms with Gasteiger partial charge in [-0.05, 0) is 55.5 Å². The summed E-state index contributed by atoms with van der Waals surface area (Å²) in [6.45, 7) is 1.92. The van der Waals surface area contributed by atoms with Crippen molar-refractivity contribution in [2.24, 2.45) is 10.3 Å². The molecule has 0 aliphatic heterocycles. The number of hydrogen-bond acceptors (Lipinski definition) is 7. The molecular weight excluding hydrogens is 380 g/mol. The van der Waals surface area contributed by atoms with Gasteiger partial charge in [0.1, 0.15) is 16.3 Å². The molecule has 0 saturated heterocycles. The molecule has 0 atom stereocenters. The first-order valence-corrected chi connectivity index (χ1v) is 9.64. The Hall–Kier alpha value is -3.52. The van der Waals surface area contributed by atoms with Crippen LogP contribution in [0.25, 0.3) is 0 Å². The maximum absolute atomic E-state index is 12.0. The molecule has 2 aromatic carbocycles. The van der Waals surface area contributed by atoms with E-state index in [1.165, 1.54) is 36.4 Å². The molecular formula is C20H16N2O5S. The standard InChI is InChI=1S/C20H16N2O5S/c1-15-7-9-16(10-8-15)20(23)26-21-17-11-13-18(14-12-17)22-27-28(24,25)19-5-3-2-4-6-19/h2-14H,1H3. The van der Waals surface area contributed by atoms with E-state index in [2.05, 4.69) is 14.6 Å². The summed E-state index contributed by atoms with van der Waals surface area (Å²) in [5.74, 6) is -0.578. The summed E-state index contributed by atoms with van der Waals surface area (Å²) >= 11 is 0. The highest BCUT2D eigenvalue weighted by Crippen LogP contribution is 2.12. The van der Waals surface area contributed by atoms with Gasteiger partial charge in [0.25, 0.3) is 0 Å². The highest BCUT2D eigenvalue weighted by molar-refractivity contribution is 7.86. The van der Waals surface area contributed by atoms with E-state index in [0.717, 1.165) is 5.56 Å². The predicted octanol–water partition coefficient (Wildman–Crippen LogP) is 3.40. The van der Waals surface area contributed by atoms with Gasteiger partial charge in [-0.3, -0.25) is 4.28 Å². The molecule has 0 aromatic heterocycles. The van der Waals surface area contributed by atoms with Crippen molar-refractivity contribution in [3.8, 4) is 0 Å². The first-order valence-electron chi connectivity index (χ1n) is 8.23. The zero-order chi connectivity index (χ0) is 20.0. The summed E-state index contributed by atoms with van der Waals surface area (Å²) in [5, 5.41) is 7.36. The topological polar surface area (TPSA) is 94.4 Å². The van der Waals surface area contributed by atoms with Crippen LogP contribution in [0.4, 0.5) is 0 Å². The SMILES string of the molecule is Cc1ccc(C(=O)ON=C2C=CC(=NOS(=O)(=O)c3ccccc3)C=C2)cc1. The van der Waals surface area contributed by atoms with Crippen LogP contribution in [-0.2, 0) is 19.2 Å². The number of nitrogens with zero attached hydrogens (tertiary/aromatic N) is 2. The van der Waals surface area contributed by atoms with Crippen LogP contribution in [0.3, 0.4) is 0 Å². The van der Waals surface area contributed by atoms with E-state index in [0.29, 0.717) is 11.3 Å². The number of aryl methyl sites for hydroxylation is 1. The highest BCUT2D eigenvalue weighted by atomic mass is 32.2. The zero-order valence-electron chi connectivity index (χ0n) is 14.8. The Kier molecular flexibility index (Phi) is 5.81. The number of hydrogen-bond donors (Lipinski definition) is 0. The summed E-state index contributed by atoms with van der Waals surface area (Å²) in [7, 11) is -3.98. The molecule has 8 heteroatoms. The monoisotopic (exact) mass is 396 g/mol. The lowest BCUT2D eigenvalue weighted by Gasteiger charge is -2.04. The van der Waals surface area contributed by atoms with E-state index in [-0.39, 0.29) is 10.6 Å². The van der Waals surface area contributed by atoms with Gasteiger partial charge in [-0.25, -0.2) is 4.79 Å². The number of oxime groups is 2. The quantitative estimate of drug-likeness (QED) is 0.439. The second-order valence-electron chi connectivity index (χ2n) is 5.79. The Labute approximate surface area is 162 Å². The van der Waals surface area contributed by atoms with E-state index >= 15 is 0 Å². The second kappa shape index (κ2) is 8.45. The van der Waals surface area contributed by atoms with Crippen molar-refractivity contribution < 1.29 is 22.3 Å². The van der Waals surface area contributed by atoms with E-state index in [4.69, 9.17) is 4.84 Å². The lowest BCUT2D eigenvalue weighted by Crippen LogP contribution is -2.07. The third-order valence-corrected chi connectivity index (χ3v) is 4.76. The minimum atomic E-state index is -3.98. The van der Waals surface area contributed by atoms with Gasteiger partial charge >= 0.3 is 16.1 Å². The molecule has 0 N–H and O–H groups in total. The smallest absolute Gasteiger partial charge is 0.312 e. The van der Waals surface area contributed by atoms with Crippen LogP contribution in [0.15, 0.2) is 94.1 Å². The van der Waals surface area contributed by atoms with Crippen molar-refractivity contribution in [3.05, 3.63) is 90.0 Å². The molecule has 0 heterocycles. The van der Waals surface area contributed by atoms with Gasteiger partial charge in [0.15, 0.2) is 0 Å². The minimum absolute atomic E-state index is 0.00777. The van der Waals surface area contributed by atoms with Crippen molar-refractivity contribution >= 4 is 27.5 Å². The average molecular weight is 396 g/mol. The van der Waals surface area contributed by atoms with Crippen molar-refractivity contribution in [3.63, 3.8) is 0 Å². The molecule has 7 nitrogen and oxygen atoms in total. The van der Waals surface area contributed by atoms with Gasteiger partial charge in [0, 0.05) is 0 Å². The van der Waals surface area contributed by atoms with Crippen molar-refractivity contribution in [1.29, 1.82) is 0 Å². The Balaban J connectivity index is 1.60. The first kappa shape index (κ1) is 19.2. The van der Waals surface area contributed by atoms with E-state index in [1.807, 2.05) is 6.92 Å². The van der Waals surface area contributed by atoms with Crippen LogP contribution in [-0.4, -0.2) is 25.8 Å². The fourth-order valence-corrected chi connectivity index (χ4v) is 2.89. The number of benzene rings is 2. The van der Waals surface area contributed by atoms with Crippen LogP contribution in [0.1, 0.15) is 15.9 Å². The maximum atomic E-state index is 12.0. The number of carbonyl (C=O) groups is 1. The van der Waals surface area contributed by atoms with Crippen LogP contribution in [0, 0.1) is 6.92 Å². The van der Waals surface area contributed by atoms with Crippen LogP contribution >= 0.6 is 0 Å². The summed E-state index contributed by atoms with van der Waals surface area (Å²) < 4.78 is 28.7. The molecule has 2 aromatic rings. The Morgan fingerprint density at radius 2 is 1.39 bits per heavy atom. The number of carbonyl (C=O) groups excluding carboxylic acids is 1. The van der Waals surface area contributed by atoms with E-state index < -0.39 is 16.1 Å². The number of allylic oxidation sites excluding steroid dienone is 4. The number of rotatable bonds is 5. The Morgan fingerprint density at radius 1 is 0.821 bits per heavy atom. The van der Waals surface area contributed by atoms with Gasteiger partial charge in [-0.15, -0.1) is 0 Å². The summed E-state index contributed by atoms with van der Waals surface area (Å²) in [6, 6.07) is 14.6. The first-order chi connectivity index (χ1) is 13.4. The Morgan fingerprint density at radius 3 is 2.00 bits per heavy atom. The Bertz CT molecular complexity index is 1070. The molecule has 0 spiro atoms. The van der Waals surface area contributed by atoms with Crippen LogP contribution < -0.4 is 0 Å². The summed E-state index contributed by atoms with van der Waals surface area (Å²) in [5.41, 5.74) is 2.05. The van der Waals surface area contributed by atoms with Crippen LogP contribution in [0.2, 0.25) is 0 Å². The predicted molar refractivity (Wildman–Crippen MR) is 104 cm³/mol. The molecule has 0 radical (unpaired) electrons. The molecule has 1 aliphatic carbocycles. The molecule has 0 bridgehead atoms. The third-order valence-electron chi connectivity index (χ3n) is 3.64. The lowest BCUT2D eigenvalue weighted by molar-refractivity contribution is 0.0517. The highest BCUT2D eigenvalue weighted by Gasteiger charge is 2.15. The molecule has 0 unspecified atom stereocenters. The molecule has 28 heavy (non-hydrogen) atoms. The average Bonchev–Trinajstić information content (AvgIpc) is 2.72. The summed E-state index contributed by atoms with van der Waals surface area (Å²) in [4.78, 5) is 16.8. The van der Waals surface area contributed by atoms with Gasteiger partial charge in [0.2, 0.25) is 0 Å². The van der Waals surface area contributed by atoms with Gasteiger partial charge in [-0.1, -0.05) is 46.2 Å². The fourth-order valence-electron chi connectivity index (χ4n) is 2.13.